The van der Waals surface area contributed by atoms with Crippen molar-refractivity contribution in [2.75, 3.05) is 18.0 Å². The Balaban J connectivity index is 1.40. The Hall–Kier alpha value is -3.06. The number of anilines is 1. The largest absolute Gasteiger partial charge is 0.360 e. The number of nitrogens with zero attached hydrogens (tertiary/aromatic N) is 4. The molecule has 1 unspecified atom stereocenters. The van der Waals surface area contributed by atoms with Gasteiger partial charge in [-0.15, -0.1) is 10.2 Å². The van der Waals surface area contributed by atoms with E-state index >= 15 is 0 Å². The maximum Gasteiger partial charge on any atom is 0.228 e. The van der Waals surface area contributed by atoms with Crippen LogP contribution in [0.3, 0.4) is 0 Å². The van der Waals surface area contributed by atoms with Crippen LogP contribution in [-0.4, -0.2) is 38.6 Å². The fourth-order valence-electron chi connectivity index (χ4n) is 4.56. The first-order valence-electron chi connectivity index (χ1n) is 11.3. The summed E-state index contributed by atoms with van der Waals surface area (Å²) in [5.41, 5.74) is 2.69. The molecule has 4 aromatic rings. The molecule has 2 aliphatic rings. The number of carbonyl (C=O) groups excluding carboxylic acids is 1. The third-order valence-corrected chi connectivity index (χ3v) is 7.58. The Labute approximate surface area is 191 Å². The number of aromatic nitrogens is 4. The minimum absolute atomic E-state index is 0.0896. The molecule has 0 bridgehead atoms. The van der Waals surface area contributed by atoms with E-state index < -0.39 is 0 Å². The van der Waals surface area contributed by atoms with Gasteiger partial charge in [0.2, 0.25) is 5.95 Å². The van der Waals surface area contributed by atoms with Crippen molar-refractivity contribution in [2.45, 2.75) is 42.1 Å². The van der Waals surface area contributed by atoms with Crippen molar-refractivity contribution in [2.24, 2.45) is 0 Å². The normalized spacial score (nSPS) is 17.2. The number of rotatable bonds is 7. The maximum atomic E-state index is 13.9. The first-order valence-corrected chi connectivity index (χ1v) is 12.2. The molecule has 6 rings (SSSR count). The summed E-state index contributed by atoms with van der Waals surface area (Å²) in [6.45, 7) is 2.07. The van der Waals surface area contributed by atoms with Gasteiger partial charge in [0.15, 0.2) is 10.9 Å². The standard InChI is InChI=1S/C25H25N5OS/c31-22(20-16-26-21-11-5-4-10-19(20)21)23(17-8-2-1-3-9-17)32-25-28-27-24(29-14-6-7-15-29)30(25)18-12-13-18/h1-5,8-11,16,18,23,26H,6-7,12-15H2. The highest BCUT2D eigenvalue weighted by Crippen LogP contribution is 2.45. The lowest BCUT2D eigenvalue weighted by molar-refractivity contribution is 0.0991. The van der Waals surface area contributed by atoms with Crippen molar-refractivity contribution in [3.63, 3.8) is 0 Å². The number of ketones is 1. The van der Waals surface area contributed by atoms with E-state index in [9.17, 15) is 4.79 Å². The lowest BCUT2D eigenvalue weighted by Gasteiger charge is -2.20. The van der Waals surface area contributed by atoms with Gasteiger partial charge in [-0.1, -0.05) is 60.3 Å². The number of benzene rings is 2. The molecule has 1 atom stereocenters. The zero-order valence-electron chi connectivity index (χ0n) is 17.8. The van der Waals surface area contributed by atoms with Gasteiger partial charge in [0.1, 0.15) is 5.25 Å². The third-order valence-electron chi connectivity index (χ3n) is 6.37. The second kappa shape index (κ2) is 8.13. The highest BCUT2D eigenvalue weighted by atomic mass is 32.2. The number of aromatic amines is 1. The van der Waals surface area contributed by atoms with Gasteiger partial charge in [-0.25, -0.2) is 0 Å². The van der Waals surface area contributed by atoms with Crippen LogP contribution in [0.5, 0.6) is 0 Å². The third kappa shape index (κ3) is 3.50. The van der Waals surface area contributed by atoms with Crippen LogP contribution in [-0.2, 0) is 0 Å². The van der Waals surface area contributed by atoms with E-state index in [1.165, 1.54) is 24.6 Å². The summed E-state index contributed by atoms with van der Waals surface area (Å²) in [5.74, 6) is 1.06. The summed E-state index contributed by atoms with van der Waals surface area (Å²) in [7, 11) is 0. The van der Waals surface area contributed by atoms with E-state index in [0.717, 1.165) is 59.1 Å². The van der Waals surface area contributed by atoms with Gasteiger partial charge in [0.05, 0.1) is 0 Å². The van der Waals surface area contributed by atoms with Crippen LogP contribution in [0.15, 0.2) is 66.0 Å². The topological polar surface area (TPSA) is 66.8 Å². The van der Waals surface area contributed by atoms with Gasteiger partial charge in [0, 0.05) is 41.8 Å². The van der Waals surface area contributed by atoms with Crippen LogP contribution in [0.25, 0.3) is 10.9 Å². The van der Waals surface area contributed by atoms with E-state index in [4.69, 9.17) is 0 Å². The number of H-pyrrole nitrogens is 1. The first kappa shape index (κ1) is 19.6. The molecule has 1 saturated heterocycles. The molecule has 7 heteroatoms. The second-order valence-electron chi connectivity index (χ2n) is 8.60. The summed E-state index contributed by atoms with van der Waals surface area (Å²) in [6.07, 6.45) is 6.54. The highest BCUT2D eigenvalue weighted by Gasteiger charge is 2.35. The number of hydrogen-bond acceptors (Lipinski definition) is 5. The number of fused-ring (bicyclic) bond motifs is 1. The van der Waals surface area contributed by atoms with E-state index in [0.29, 0.717) is 6.04 Å². The van der Waals surface area contributed by atoms with Crippen molar-refractivity contribution in [3.8, 4) is 0 Å². The molecule has 0 amide bonds. The van der Waals surface area contributed by atoms with Gasteiger partial charge in [0.25, 0.3) is 0 Å². The van der Waals surface area contributed by atoms with E-state index in [1.807, 2.05) is 60.8 Å². The summed E-state index contributed by atoms with van der Waals surface area (Å²) >= 11 is 1.53. The quantitative estimate of drug-likeness (QED) is 0.306. The molecular formula is C25H25N5OS. The molecule has 3 heterocycles. The number of Topliss-reactive ketones (excluding diaryl/α,β-unsaturated/α-hetero) is 1. The molecule has 1 aliphatic heterocycles. The van der Waals surface area contributed by atoms with Crippen molar-refractivity contribution in [1.82, 2.24) is 19.7 Å². The Morgan fingerprint density at radius 3 is 2.53 bits per heavy atom. The summed E-state index contributed by atoms with van der Waals surface area (Å²) < 4.78 is 2.29. The number of nitrogens with one attached hydrogen (secondary N) is 1. The minimum Gasteiger partial charge on any atom is -0.360 e. The van der Waals surface area contributed by atoms with Crippen molar-refractivity contribution < 1.29 is 4.79 Å². The van der Waals surface area contributed by atoms with Gasteiger partial charge in [-0.05, 0) is 37.3 Å². The van der Waals surface area contributed by atoms with Crippen LogP contribution in [0.2, 0.25) is 0 Å². The zero-order valence-corrected chi connectivity index (χ0v) is 18.6. The average molecular weight is 444 g/mol. The fourth-order valence-corrected chi connectivity index (χ4v) is 5.73. The van der Waals surface area contributed by atoms with Gasteiger partial charge >= 0.3 is 0 Å². The fraction of sp³-hybridized carbons (Fsp3) is 0.320. The average Bonchev–Trinajstić information content (AvgIpc) is 3.22. The number of carbonyl (C=O) groups is 1. The molecule has 1 N–H and O–H groups in total. The number of para-hydroxylation sites is 1. The summed E-state index contributed by atoms with van der Waals surface area (Å²) in [4.78, 5) is 19.5. The predicted molar refractivity (Wildman–Crippen MR) is 127 cm³/mol. The number of thioether (sulfide) groups is 1. The molecule has 2 aromatic carbocycles. The Morgan fingerprint density at radius 2 is 1.75 bits per heavy atom. The molecule has 1 saturated carbocycles. The molecule has 162 valence electrons. The second-order valence-corrected chi connectivity index (χ2v) is 9.67. The Bertz CT molecular complexity index is 1250. The van der Waals surface area contributed by atoms with E-state index in [-0.39, 0.29) is 11.0 Å². The lowest BCUT2D eigenvalue weighted by Crippen LogP contribution is -2.22. The first-order chi connectivity index (χ1) is 15.8. The van der Waals surface area contributed by atoms with Crippen LogP contribution >= 0.6 is 11.8 Å². The molecule has 1 aliphatic carbocycles. The van der Waals surface area contributed by atoms with Crippen LogP contribution < -0.4 is 4.90 Å². The van der Waals surface area contributed by atoms with Gasteiger partial charge in [-0.2, -0.15) is 0 Å². The smallest absolute Gasteiger partial charge is 0.228 e. The summed E-state index contributed by atoms with van der Waals surface area (Å²) in [5, 5.41) is 10.6. The molecule has 32 heavy (non-hydrogen) atoms. The Morgan fingerprint density at radius 1 is 1.00 bits per heavy atom. The lowest BCUT2D eigenvalue weighted by atomic mass is 10.0. The van der Waals surface area contributed by atoms with Crippen molar-refractivity contribution in [1.29, 1.82) is 0 Å². The molecular weight excluding hydrogens is 418 g/mol. The van der Waals surface area contributed by atoms with Crippen LogP contribution in [0.1, 0.15) is 52.9 Å². The van der Waals surface area contributed by atoms with Crippen molar-refractivity contribution >= 4 is 34.4 Å². The van der Waals surface area contributed by atoms with Crippen molar-refractivity contribution in [3.05, 3.63) is 71.9 Å². The maximum absolute atomic E-state index is 13.9. The molecule has 2 fully saturated rings. The van der Waals surface area contributed by atoms with Crippen LogP contribution in [0.4, 0.5) is 5.95 Å². The SMILES string of the molecule is O=C(c1c[nH]c2ccccc12)C(Sc1nnc(N2CCCC2)n1C1CC1)c1ccccc1. The Kier molecular flexibility index (Phi) is 4.98. The van der Waals surface area contributed by atoms with E-state index in [2.05, 4.69) is 24.6 Å². The van der Waals surface area contributed by atoms with E-state index in [1.54, 1.807) is 0 Å². The van der Waals surface area contributed by atoms with Gasteiger partial charge < -0.3 is 9.88 Å². The molecule has 0 spiro atoms. The molecule has 2 aromatic heterocycles. The molecule has 6 nitrogen and oxygen atoms in total. The minimum atomic E-state index is -0.386. The van der Waals surface area contributed by atoms with Gasteiger partial charge in [-0.3, -0.25) is 9.36 Å². The highest BCUT2D eigenvalue weighted by molar-refractivity contribution is 8.00. The number of hydrogen-bond donors (Lipinski definition) is 1. The van der Waals surface area contributed by atoms with Crippen LogP contribution in [0, 0.1) is 0 Å². The predicted octanol–water partition coefficient (Wildman–Crippen LogP) is 5.41. The molecule has 0 radical (unpaired) electrons. The summed E-state index contributed by atoms with van der Waals surface area (Å²) in [6, 6.07) is 18.4. The zero-order chi connectivity index (χ0) is 21.5. The monoisotopic (exact) mass is 443 g/mol.